The van der Waals surface area contributed by atoms with Crippen LogP contribution in [-0.4, -0.2) is 50.9 Å². The molecule has 2 aromatic carbocycles. The van der Waals surface area contributed by atoms with Crippen LogP contribution in [0.1, 0.15) is 44.7 Å². The van der Waals surface area contributed by atoms with Gasteiger partial charge in [-0.2, -0.15) is 0 Å². The summed E-state index contributed by atoms with van der Waals surface area (Å²) >= 11 is 20.7. The first kappa shape index (κ1) is 25.9. The van der Waals surface area contributed by atoms with Crippen molar-refractivity contribution in [3.63, 3.8) is 0 Å². The molecular weight excluding hydrogens is 611 g/mol. The summed E-state index contributed by atoms with van der Waals surface area (Å²) in [5.74, 6) is -3.22. The van der Waals surface area contributed by atoms with Crippen LogP contribution >= 0.6 is 50.7 Å². The number of piperidine rings is 1. The number of benzene rings is 2. The summed E-state index contributed by atoms with van der Waals surface area (Å²) in [5.41, 5.74) is 0.121. The molecule has 2 aliphatic heterocycles. The van der Waals surface area contributed by atoms with Gasteiger partial charge in [0.1, 0.15) is 18.1 Å². The Kier molecular flexibility index (Phi) is 6.47. The standard InChI is InChI=1S/C25H16BrCl3N2O6/c26-13-6-4-12(5-7-13)24(23(36)37-11-25(27,28)29)10-16(24)14-2-1-3-15-19(14)22(35)31(21(15)34)17-8-9-18(32)30-20(17)33/h1-7,10,17H,8-9,11H2,(H,30,32,33)/t17?,24-/m1/s1. The fourth-order valence-corrected chi connectivity index (χ4v) is 5.14. The van der Waals surface area contributed by atoms with Crippen LogP contribution in [0.5, 0.6) is 0 Å². The number of amides is 4. The fraction of sp³-hybridized carbons (Fsp3) is 0.240. The lowest BCUT2D eigenvalue weighted by Gasteiger charge is -2.27. The molecule has 5 rings (SSSR count). The molecule has 12 heteroatoms. The first-order chi connectivity index (χ1) is 17.4. The van der Waals surface area contributed by atoms with Crippen molar-refractivity contribution in [3.05, 3.63) is 75.3 Å². The Morgan fingerprint density at radius 1 is 1.05 bits per heavy atom. The number of rotatable bonds is 5. The van der Waals surface area contributed by atoms with Crippen LogP contribution in [0.4, 0.5) is 0 Å². The Morgan fingerprint density at radius 3 is 2.38 bits per heavy atom. The van der Waals surface area contributed by atoms with Crippen LogP contribution in [0.3, 0.4) is 0 Å². The molecule has 0 aromatic heterocycles. The van der Waals surface area contributed by atoms with Gasteiger partial charge in [-0.3, -0.25) is 34.2 Å². The molecule has 37 heavy (non-hydrogen) atoms. The van der Waals surface area contributed by atoms with Gasteiger partial charge in [-0.15, -0.1) is 0 Å². The first-order valence-electron chi connectivity index (χ1n) is 11.0. The molecule has 8 nitrogen and oxygen atoms in total. The minimum Gasteiger partial charge on any atom is -0.460 e. The molecule has 2 heterocycles. The summed E-state index contributed by atoms with van der Waals surface area (Å²) in [6.45, 7) is -0.497. The Labute approximate surface area is 234 Å². The van der Waals surface area contributed by atoms with Crippen LogP contribution in [0.25, 0.3) is 5.57 Å². The molecule has 2 aromatic rings. The second-order valence-corrected chi connectivity index (χ2v) is 12.2. The van der Waals surface area contributed by atoms with E-state index < -0.39 is 51.5 Å². The van der Waals surface area contributed by atoms with Gasteiger partial charge in [-0.25, -0.2) is 0 Å². The lowest BCUT2D eigenvalue weighted by molar-refractivity contribution is -0.145. The van der Waals surface area contributed by atoms with E-state index >= 15 is 0 Å². The third-order valence-corrected chi connectivity index (χ3v) is 7.31. The molecule has 2 atom stereocenters. The number of carbonyl (C=O) groups is 5. The molecule has 0 bridgehead atoms. The van der Waals surface area contributed by atoms with Crippen molar-refractivity contribution < 1.29 is 28.7 Å². The van der Waals surface area contributed by atoms with Crippen molar-refractivity contribution in [2.24, 2.45) is 0 Å². The van der Waals surface area contributed by atoms with Gasteiger partial charge < -0.3 is 4.74 Å². The van der Waals surface area contributed by atoms with Crippen molar-refractivity contribution in [1.29, 1.82) is 0 Å². The predicted molar refractivity (Wildman–Crippen MR) is 138 cm³/mol. The fourth-order valence-electron chi connectivity index (χ4n) is 4.71. The SMILES string of the molecule is O=C1CCC(N2C(=O)c3cccc(C4=C[C@@]4(C(=O)OCC(Cl)(Cl)Cl)c4ccc(Br)cc4)c3C2=O)C(=O)N1. The van der Waals surface area contributed by atoms with E-state index in [1.165, 1.54) is 6.07 Å². The lowest BCUT2D eigenvalue weighted by atomic mass is 9.86. The molecule has 1 unspecified atom stereocenters. The summed E-state index contributed by atoms with van der Waals surface area (Å²) < 4.78 is 4.29. The Morgan fingerprint density at radius 2 is 1.73 bits per heavy atom. The zero-order valence-electron chi connectivity index (χ0n) is 18.7. The highest BCUT2D eigenvalue weighted by Crippen LogP contribution is 2.55. The highest BCUT2D eigenvalue weighted by molar-refractivity contribution is 9.10. The van der Waals surface area contributed by atoms with Crippen LogP contribution in [0.15, 0.2) is 53.0 Å². The molecule has 0 radical (unpaired) electrons. The molecule has 3 aliphatic rings. The van der Waals surface area contributed by atoms with Crippen molar-refractivity contribution in [1.82, 2.24) is 10.2 Å². The Balaban J connectivity index is 1.53. The minimum absolute atomic E-state index is 0.00352. The van der Waals surface area contributed by atoms with Gasteiger partial charge >= 0.3 is 5.97 Å². The van der Waals surface area contributed by atoms with Gasteiger partial charge in [0.15, 0.2) is 0 Å². The van der Waals surface area contributed by atoms with Crippen molar-refractivity contribution >= 4 is 85.9 Å². The average molecular weight is 627 g/mol. The molecule has 1 fully saturated rings. The van der Waals surface area contributed by atoms with Gasteiger partial charge in [0.05, 0.1) is 11.1 Å². The summed E-state index contributed by atoms with van der Waals surface area (Å²) in [5, 5.41) is 2.17. The van der Waals surface area contributed by atoms with Crippen LogP contribution < -0.4 is 5.32 Å². The number of ether oxygens (including phenoxy) is 1. The topological polar surface area (TPSA) is 110 Å². The first-order valence-corrected chi connectivity index (χ1v) is 12.9. The second kappa shape index (κ2) is 9.23. The van der Waals surface area contributed by atoms with E-state index in [2.05, 4.69) is 21.2 Å². The third-order valence-electron chi connectivity index (χ3n) is 6.45. The Bertz CT molecular complexity index is 1420. The zero-order chi connectivity index (χ0) is 26.7. The molecule has 1 saturated heterocycles. The number of imide groups is 2. The molecule has 1 aliphatic carbocycles. The normalized spacial score (nSPS) is 23.0. The lowest BCUT2D eigenvalue weighted by Crippen LogP contribution is -2.54. The maximum atomic E-state index is 13.5. The van der Waals surface area contributed by atoms with Crippen molar-refractivity contribution in [2.75, 3.05) is 6.61 Å². The van der Waals surface area contributed by atoms with Gasteiger partial charge in [0, 0.05) is 10.9 Å². The van der Waals surface area contributed by atoms with Crippen molar-refractivity contribution in [2.45, 2.75) is 28.1 Å². The number of fused-ring (bicyclic) bond motifs is 1. The number of carbonyl (C=O) groups excluding carboxylic acids is 5. The van der Waals surface area contributed by atoms with Crippen LogP contribution in [-0.2, 0) is 24.5 Å². The van der Waals surface area contributed by atoms with E-state index in [0.717, 1.165) is 9.37 Å². The van der Waals surface area contributed by atoms with Gasteiger partial charge in [0.25, 0.3) is 11.8 Å². The summed E-state index contributed by atoms with van der Waals surface area (Å²) in [4.78, 5) is 65.0. The van der Waals surface area contributed by atoms with E-state index in [-0.39, 0.29) is 24.0 Å². The minimum atomic E-state index is -1.83. The van der Waals surface area contributed by atoms with E-state index in [0.29, 0.717) is 16.7 Å². The number of nitrogens with zero attached hydrogens (tertiary/aromatic N) is 1. The molecule has 0 spiro atoms. The summed E-state index contributed by atoms with van der Waals surface area (Å²) in [6, 6.07) is 10.5. The molecule has 0 saturated carbocycles. The van der Waals surface area contributed by atoms with E-state index in [4.69, 9.17) is 39.5 Å². The molecular formula is C25H16BrCl3N2O6. The molecule has 1 N–H and O–H groups in total. The maximum Gasteiger partial charge on any atom is 0.325 e. The van der Waals surface area contributed by atoms with Crippen LogP contribution in [0.2, 0.25) is 0 Å². The second-order valence-electron chi connectivity index (χ2n) is 8.74. The number of hydrogen-bond acceptors (Lipinski definition) is 6. The van der Waals surface area contributed by atoms with E-state index in [9.17, 15) is 24.0 Å². The zero-order valence-corrected chi connectivity index (χ0v) is 22.6. The van der Waals surface area contributed by atoms with Crippen molar-refractivity contribution in [3.8, 4) is 0 Å². The summed E-state index contributed by atoms with van der Waals surface area (Å²) in [6.07, 6.45) is 1.66. The third kappa shape index (κ3) is 4.48. The van der Waals surface area contributed by atoms with Crippen LogP contribution in [0, 0.1) is 0 Å². The van der Waals surface area contributed by atoms with E-state index in [1.54, 1.807) is 42.5 Å². The quantitative estimate of drug-likeness (QED) is 0.304. The van der Waals surface area contributed by atoms with Gasteiger partial charge in [-0.1, -0.05) is 81.1 Å². The van der Waals surface area contributed by atoms with Gasteiger partial charge in [-0.05, 0) is 41.3 Å². The largest absolute Gasteiger partial charge is 0.460 e. The number of halogens is 4. The average Bonchev–Trinajstić information content (AvgIpc) is 3.54. The number of nitrogens with one attached hydrogen (secondary N) is 1. The van der Waals surface area contributed by atoms with E-state index in [1.807, 2.05) is 0 Å². The summed E-state index contributed by atoms with van der Waals surface area (Å²) in [7, 11) is 0. The Hall–Kier alpha value is -2.72. The monoisotopic (exact) mass is 624 g/mol. The number of alkyl halides is 3. The molecule has 4 amide bonds. The number of hydrogen-bond donors (Lipinski definition) is 1. The predicted octanol–water partition coefficient (Wildman–Crippen LogP) is 4.10. The molecule has 190 valence electrons. The smallest absolute Gasteiger partial charge is 0.325 e. The highest BCUT2D eigenvalue weighted by atomic mass is 79.9. The number of esters is 1. The maximum absolute atomic E-state index is 13.5. The van der Waals surface area contributed by atoms with Gasteiger partial charge in [0.2, 0.25) is 15.6 Å². The highest BCUT2D eigenvalue weighted by Gasteiger charge is 2.57.